The predicted molar refractivity (Wildman–Crippen MR) is 94.1 cm³/mol. The Balaban J connectivity index is 2.06. The van der Waals surface area contributed by atoms with Gasteiger partial charge in [-0.15, -0.1) is 0 Å². The van der Waals surface area contributed by atoms with Crippen LogP contribution in [0.1, 0.15) is 16.1 Å². The molecule has 0 unspecified atom stereocenters. The second kappa shape index (κ2) is 5.81. The van der Waals surface area contributed by atoms with E-state index in [-0.39, 0.29) is 0 Å². The van der Waals surface area contributed by atoms with E-state index in [1.54, 1.807) is 6.20 Å². The lowest BCUT2D eigenvalue weighted by molar-refractivity contribution is 0.0596. The molecule has 0 radical (unpaired) electrons. The zero-order valence-corrected chi connectivity index (χ0v) is 13.3. The number of ether oxygens (including phenoxy) is 1. The van der Waals surface area contributed by atoms with Crippen LogP contribution in [0, 0.1) is 0 Å². The predicted octanol–water partition coefficient (Wildman–Crippen LogP) is 4.02. The van der Waals surface area contributed by atoms with Crippen molar-refractivity contribution >= 4 is 27.8 Å². The van der Waals surface area contributed by atoms with Crippen LogP contribution >= 0.6 is 0 Å². The molecule has 0 bridgehead atoms. The molecule has 118 valence electrons. The van der Waals surface area contributed by atoms with E-state index in [0.717, 1.165) is 21.8 Å². The number of nitrogens with zero attached hydrogens (tertiary/aromatic N) is 2. The maximum absolute atomic E-state index is 12.2. The van der Waals surface area contributed by atoms with Gasteiger partial charge in [0.25, 0.3) is 0 Å². The standard InChI is InChI=1S/C20H16N2O2/c1-24-20(23)18-19-16(11-12-21-18)15-9-5-6-10-17(15)22(19)13-14-7-3-2-4-8-14/h2-12H,13H2,1H3. The van der Waals surface area contributed by atoms with Crippen molar-refractivity contribution in [2.75, 3.05) is 7.11 Å². The lowest BCUT2D eigenvalue weighted by Crippen LogP contribution is -2.08. The summed E-state index contributed by atoms with van der Waals surface area (Å²) in [6.45, 7) is 0.667. The van der Waals surface area contributed by atoms with Gasteiger partial charge in [-0.2, -0.15) is 0 Å². The Hall–Kier alpha value is -3.14. The molecular weight excluding hydrogens is 300 g/mol. The third kappa shape index (κ3) is 2.24. The Kier molecular flexibility index (Phi) is 3.50. The summed E-state index contributed by atoms with van der Waals surface area (Å²) in [4.78, 5) is 16.5. The van der Waals surface area contributed by atoms with Crippen LogP contribution in [-0.2, 0) is 11.3 Å². The number of fused-ring (bicyclic) bond motifs is 3. The third-order valence-electron chi connectivity index (χ3n) is 4.24. The van der Waals surface area contributed by atoms with Gasteiger partial charge >= 0.3 is 5.97 Å². The Bertz CT molecular complexity index is 1040. The van der Waals surface area contributed by atoms with Gasteiger partial charge in [0, 0.05) is 29.0 Å². The summed E-state index contributed by atoms with van der Waals surface area (Å²) in [7, 11) is 1.38. The Morgan fingerprint density at radius 3 is 2.54 bits per heavy atom. The molecule has 0 saturated heterocycles. The molecule has 2 heterocycles. The lowest BCUT2D eigenvalue weighted by atomic mass is 10.1. The molecule has 0 saturated carbocycles. The fourth-order valence-corrected chi connectivity index (χ4v) is 3.18. The minimum atomic E-state index is -0.419. The van der Waals surface area contributed by atoms with Crippen molar-refractivity contribution in [2.45, 2.75) is 6.54 Å². The van der Waals surface area contributed by atoms with E-state index in [2.05, 4.69) is 33.8 Å². The molecule has 2 aromatic heterocycles. The van der Waals surface area contributed by atoms with Gasteiger partial charge < -0.3 is 9.30 Å². The normalized spacial score (nSPS) is 11.0. The minimum Gasteiger partial charge on any atom is -0.464 e. The van der Waals surface area contributed by atoms with Gasteiger partial charge in [-0.3, -0.25) is 0 Å². The fraction of sp³-hybridized carbons (Fsp3) is 0.100. The van der Waals surface area contributed by atoms with Crippen LogP contribution in [0.15, 0.2) is 66.9 Å². The number of pyridine rings is 1. The molecule has 24 heavy (non-hydrogen) atoms. The van der Waals surface area contributed by atoms with Crippen molar-refractivity contribution in [2.24, 2.45) is 0 Å². The maximum atomic E-state index is 12.2. The van der Waals surface area contributed by atoms with Crippen molar-refractivity contribution in [1.29, 1.82) is 0 Å². The highest BCUT2D eigenvalue weighted by atomic mass is 16.5. The minimum absolute atomic E-state index is 0.349. The zero-order valence-electron chi connectivity index (χ0n) is 13.3. The first-order chi connectivity index (χ1) is 11.8. The largest absolute Gasteiger partial charge is 0.464 e. The number of methoxy groups -OCH3 is 1. The third-order valence-corrected chi connectivity index (χ3v) is 4.24. The maximum Gasteiger partial charge on any atom is 0.358 e. The van der Waals surface area contributed by atoms with Gasteiger partial charge in [-0.25, -0.2) is 9.78 Å². The van der Waals surface area contributed by atoms with Gasteiger partial charge in [-0.1, -0.05) is 48.5 Å². The molecule has 0 aliphatic rings. The molecule has 4 heteroatoms. The summed E-state index contributed by atoms with van der Waals surface area (Å²) in [6.07, 6.45) is 1.66. The number of hydrogen-bond acceptors (Lipinski definition) is 3. The number of benzene rings is 2. The highest BCUT2D eigenvalue weighted by Crippen LogP contribution is 2.31. The second-order valence-electron chi connectivity index (χ2n) is 5.64. The molecule has 0 spiro atoms. The molecular formula is C20H16N2O2. The summed E-state index contributed by atoms with van der Waals surface area (Å²) in [5, 5.41) is 2.12. The van der Waals surface area contributed by atoms with Gasteiger partial charge in [0.1, 0.15) is 0 Å². The van der Waals surface area contributed by atoms with E-state index in [9.17, 15) is 4.79 Å². The molecule has 0 N–H and O–H groups in total. The van der Waals surface area contributed by atoms with Gasteiger partial charge in [-0.05, 0) is 17.7 Å². The van der Waals surface area contributed by atoms with Crippen molar-refractivity contribution in [3.63, 3.8) is 0 Å². The van der Waals surface area contributed by atoms with E-state index in [0.29, 0.717) is 12.2 Å². The molecule has 0 amide bonds. The first-order valence-corrected chi connectivity index (χ1v) is 7.78. The number of rotatable bonds is 3. The molecule has 0 fully saturated rings. The van der Waals surface area contributed by atoms with Gasteiger partial charge in [0.2, 0.25) is 0 Å². The molecule has 4 nitrogen and oxygen atoms in total. The SMILES string of the molecule is COC(=O)c1nccc2c3ccccc3n(Cc3ccccc3)c12. The van der Waals surface area contributed by atoms with Crippen molar-refractivity contribution in [3.05, 3.63) is 78.1 Å². The molecule has 0 aliphatic carbocycles. The highest BCUT2D eigenvalue weighted by Gasteiger charge is 2.19. The van der Waals surface area contributed by atoms with Crippen LogP contribution in [0.4, 0.5) is 0 Å². The summed E-state index contributed by atoms with van der Waals surface area (Å²) >= 11 is 0. The average Bonchev–Trinajstić information content (AvgIpc) is 2.96. The highest BCUT2D eigenvalue weighted by molar-refractivity contribution is 6.13. The number of carbonyl (C=O) groups excluding carboxylic acids is 1. The molecule has 0 atom stereocenters. The van der Waals surface area contributed by atoms with E-state index in [1.165, 1.54) is 12.7 Å². The number of esters is 1. The van der Waals surface area contributed by atoms with Gasteiger partial charge in [0.05, 0.1) is 12.6 Å². The summed E-state index contributed by atoms with van der Waals surface area (Å²) < 4.78 is 7.07. The van der Waals surface area contributed by atoms with Crippen molar-refractivity contribution in [3.8, 4) is 0 Å². The van der Waals surface area contributed by atoms with Crippen molar-refractivity contribution < 1.29 is 9.53 Å². The molecule has 4 rings (SSSR count). The summed E-state index contributed by atoms with van der Waals surface area (Å²) in [5.41, 5.74) is 3.41. The second-order valence-corrected chi connectivity index (χ2v) is 5.64. The first kappa shape index (κ1) is 14.5. The molecule has 4 aromatic rings. The number of para-hydroxylation sites is 1. The van der Waals surface area contributed by atoms with Crippen molar-refractivity contribution in [1.82, 2.24) is 9.55 Å². The van der Waals surface area contributed by atoms with Crippen LogP contribution in [-0.4, -0.2) is 22.6 Å². The van der Waals surface area contributed by atoms with Crippen LogP contribution in [0.3, 0.4) is 0 Å². The van der Waals surface area contributed by atoms with Crippen LogP contribution in [0.25, 0.3) is 21.8 Å². The van der Waals surface area contributed by atoms with E-state index >= 15 is 0 Å². The summed E-state index contributed by atoms with van der Waals surface area (Å²) in [6, 6.07) is 20.3. The lowest BCUT2D eigenvalue weighted by Gasteiger charge is -2.09. The van der Waals surface area contributed by atoms with Crippen LogP contribution in [0.5, 0.6) is 0 Å². The number of carbonyl (C=O) groups is 1. The van der Waals surface area contributed by atoms with Crippen LogP contribution < -0.4 is 0 Å². The fourth-order valence-electron chi connectivity index (χ4n) is 3.18. The molecule has 0 aliphatic heterocycles. The number of hydrogen-bond donors (Lipinski definition) is 0. The zero-order chi connectivity index (χ0) is 16.5. The monoisotopic (exact) mass is 316 g/mol. The Morgan fingerprint density at radius 2 is 1.75 bits per heavy atom. The smallest absolute Gasteiger partial charge is 0.358 e. The Labute approximate surface area is 139 Å². The van der Waals surface area contributed by atoms with E-state index < -0.39 is 5.97 Å². The van der Waals surface area contributed by atoms with E-state index in [4.69, 9.17) is 4.74 Å². The topological polar surface area (TPSA) is 44.1 Å². The molecule has 2 aromatic carbocycles. The quantitative estimate of drug-likeness (QED) is 0.536. The van der Waals surface area contributed by atoms with Gasteiger partial charge in [0.15, 0.2) is 5.69 Å². The summed E-state index contributed by atoms with van der Waals surface area (Å²) in [5.74, 6) is -0.419. The van der Waals surface area contributed by atoms with E-state index in [1.807, 2.05) is 36.4 Å². The number of aromatic nitrogens is 2. The first-order valence-electron chi connectivity index (χ1n) is 7.78. The van der Waals surface area contributed by atoms with Crippen LogP contribution in [0.2, 0.25) is 0 Å². The average molecular weight is 316 g/mol. The Morgan fingerprint density at radius 1 is 1.00 bits per heavy atom.